The van der Waals surface area contributed by atoms with Crippen LogP contribution in [0.25, 0.3) is 11.1 Å². The normalized spacial score (nSPS) is 20.8. The van der Waals surface area contributed by atoms with Gasteiger partial charge in [-0.1, -0.05) is 12.1 Å². The maximum atomic E-state index is 12.8. The SMILES string of the molecule is O=C(Cn1c(=O)oc2ccccc21)N1CCCC(C(=O)N2CCOCC2)C1. The van der Waals surface area contributed by atoms with E-state index in [4.69, 9.17) is 9.15 Å². The summed E-state index contributed by atoms with van der Waals surface area (Å²) >= 11 is 0. The number of morpholine rings is 1. The third-order valence-corrected chi connectivity index (χ3v) is 5.31. The van der Waals surface area contributed by atoms with Gasteiger partial charge in [0.05, 0.1) is 24.6 Å². The van der Waals surface area contributed by atoms with Crippen molar-refractivity contribution in [1.82, 2.24) is 14.4 Å². The van der Waals surface area contributed by atoms with E-state index >= 15 is 0 Å². The number of ether oxygens (including phenoxy) is 1. The van der Waals surface area contributed by atoms with Gasteiger partial charge in [0.2, 0.25) is 11.8 Å². The van der Waals surface area contributed by atoms with E-state index in [2.05, 4.69) is 0 Å². The first-order chi connectivity index (χ1) is 13.1. The quantitative estimate of drug-likeness (QED) is 0.790. The molecule has 2 aliphatic heterocycles. The summed E-state index contributed by atoms with van der Waals surface area (Å²) in [5.74, 6) is -0.786. The monoisotopic (exact) mass is 373 g/mol. The van der Waals surface area contributed by atoms with Crippen LogP contribution in [0.3, 0.4) is 0 Å². The Hall–Kier alpha value is -2.61. The van der Waals surface area contributed by atoms with Crippen LogP contribution < -0.4 is 5.76 Å². The number of hydrogen-bond donors (Lipinski definition) is 0. The summed E-state index contributed by atoms with van der Waals surface area (Å²) < 4.78 is 11.8. The van der Waals surface area contributed by atoms with Crippen molar-refractivity contribution >= 4 is 22.9 Å². The molecule has 1 aromatic heterocycles. The molecule has 27 heavy (non-hydrogen) atoms. The second kappa shape index (κ2) is 7.56. The van der Waals surface area contributed by atoms with Crippen molar-refractivity contribution < 1.29 is 18.7 Å². The molecular formula is C19H23N3O5. The summed E-state index contributed by atoms with van der Waals surface area (Å²) in [7, 11) is 0. The van der Waals surface area contributed by atoms with Gasteiger partial charge in [-0.2, -0.15) is 0 Å². The first kappa shape index (κ1) is 17.8. The second-order valence-electron chi connectivity index (χ2n) is 7.04. The fraction of sp³-hybridized carbons (Fsp3) is 0.526. The molecule has 2 aromatic rings. The van der Waals surface area contributed by atoms with Gasteiger partial charge in [0.15, 0.2) is 5.58 Å². The molecule has 2 saturated heterocycles. The van der Waals surface area contributed by atoms with Crippen LogP contribution in [-0.2, 0) is 20.9 Å². The number of carbonyl (C=O) groups is 2. The number of hydrogen-bond acceptors (Lipinski definition) is 5. The third-order valence-electron chi connectivity index (χ3n) is 5.31. The van der Waals surface area contributed by atoms with Crippen molar-refractivity contribution in [2.24, 2.45) is 5.92 Å². The molecule has 0 aliphatic carbocycles. The number of para-hydroxylation sites is 2. The molecule has 4 rings (SSSR count). The Labute approximate surface area is 156 Å². The molecule has 1 aromatic carbocycles. The summed E-state index contributed by atoms with van der Waals surface area (Å²) in [6, 6.07) is 7.05. The Balaban J connectivity index is 1.44. The lowest BCUT2D eigenvalue weighted by molar-refractivity contribution is -0.144. The molecule has 1 unspecified atom stereocenters. The Morgan fingerprint density at radius 3 is 2.67 bits per heavy atom. The van der Waals surface area contributed by atoms with Crippen molar-refractivity contribution in [3.05, 3.63) is 34.8 Å². The van der Waals surface area contributed by atoms with Crippen LogP contribution in [0.1, 0.15) is 12.8 Å². The van der Waals surface area contributed by atoms with Crippen LogP contribution >= 0.6 is 0 Å². The molecule has 8 nitrogen and oxygen atoms in total. The first-order valence-electron chi connectivity index (χ1n) is 9.36. The lowest BCUT2D eigenvalue weighted by Crippen LogP contribution is -2.50. The zero-order valence-electron chi connectivity index (χ0n) is 15.1. The number of nitrogens with zero attached hydrogens (tertiary/aromatic N) is 3. The molecule has 0 bridgehead atoms. The molecule has 2 aliphatic rings. The van der Waals surface area contributed by atoms with Crippen LogP contribution in [-0.4, -0.2) is 65.6 Å². The minimum Gasteiger partial charge on any atom is -0.408 e. The maximum absolute atomic E-state index is 12.8. The molecule has 2 fully saturated rings. The number of fused-ring (bicyclic) bond motifs is 1. The average Bonchev–Trinajstić information content (AvgIpc) is 3.03. The number of oxazole rings is 1. The Bertz CT molecular complexity index is 896. The fourth-order valence-electron chi connectivity index (χ4n) is 3.85. The minimum absolute atomic E-state index is 0.0751. The van der Waals surface area contributed by atoms with E-state index < -0.39 is 5.76 Å². The number of aromatic nitrogens is 1. The van der Waals surface area contributed by atoms with Gasteiger partial charge in [-0.05, 0) is 25.0 Å². The zero-order chi connectivity index (χ0) is 18.8. The van der Waals surface area contributed by atoms with Gasteiger partial charge in [-0.25, -0.2) is 4.79 Å². The van der Waals surface area contributed by atoms with Gasteiger partial charge in [-0.3, -0.25) is 14.2 Å². The van der Waals surface area contributed by atoms with E-state index in [0.29, 0.717) is 50.5 Å². The molecular weight excluding hydrogens is 350 g/mol. The minimum atomic E-state index is -0.539. The molecule has 0 radical (unpaired) electrons. The lowest BCUT2D eigenvalue weighted by Gasteiger charge is -2.36. The molecule has 1 atom stereocenters. The molecule has 0 spiro atoms. The Morgan fingerprint density at radius 2 is 1.85 bits per heavy atom. The van der Waals surface area contributed by atoms with Crippen molar-refractivity contribution in [3.8, 4) is 0 Å². The van der Waals surface area contributed by atoms with Crippen LogP contribution in [0.5, 0.6) is 0 Å². The largest absolute Gasteiger partial charge is 0.420 e. The van der Waals surface area contributed by atoms with Gasteiger partial charge in [0.1, 0.15) is 6.54 Å². The van der Waals surface area contributed by atoms with E-state index in [-0.39, 0.29) is 24.3 Å². The fourth-order valence-corrected chi connectivity index (χ4v) is 3.85. The van der Waals surface area contributed by atoms with E-state index in [1.165, 1.54) is 4.57 Å². The maximum Gasteiger partial charge on any atom is 0.420 e. The standard InChI is InChI=1S/C19H23N3O5/c23-17(13-22-15-5-1-2-6-16(15)27-19(22)25)21-7-3-4-14(12-21)18(24)20-8-10-26-11-9-20/h1-2,5-6,14H,3-4,7-13H2. The highest BCUT2D eigenvalue weighted by Gasteiger charge is 2.32. The van der Waals surface area contributed by atoms with E-state index in [1.807, 2.05) is 4.90 Å². The van der Waals surface area contributed by atoms with Crippen LogP contribution in [0.4, 0.5) is 0 Å². The van der Waals surface area contributed by atoms with Gasteiger partial charge in [-0.15, -0.1) is 0 Å². The van der Waals surface area contributed by atoms with E-state index in [0.717, 1.165) is 12.8 Å². The first-order valence-corrected chi connectivity index (χ1v) is 9.36. The number of amides is 2. The van der Waals surface area contributed by atoms with E-state index in [1.54, 1.807) is 29.2 Å². The highest BCUT2D eigenvalue weighted by molar-refractivity contribution is 5.82. The number of rotatable bonds is 3. The topological polar surface area (TPSA) is 85.0 Å². The Morgan fingerprint density at radius 1 is 1.07 bits per heavy atom. The highest BCUT2D eigenvalue weighted by Crippen LogP contribution is 2.20. The number of carbonyl (C=O) groups excluding carboxylic acids is 2. The number of likely N-dealkylation sites (tertiary alicyclic amines) is 1. The summed E-state index contributed by atoms with van der Waals surface area (Å²) in [5, 5.41) is 0. The predicted octanol–water partition coefficient (Wildman–Crippen LogP) is 0.692. The van der Waals surface area contributed by atoms with Crippen LogP contribution in [0, 0.1) is 5.92 Å². The second-order valence-corrected chi connectivity index (χ2v) is 7.04. The van der Waals surface area contributed by atoms with Crippen molar-refractivity contribution in [2.75, 3.05) is 39.4 Å². The van der Waals surface area contributed by atoms with Crippen LogP contribution in [0.15, 0.2) is 33.5 Å². The summed E-state index contributed by atoms with van der Waals surface area (Å²) in [5.41, 5.74) is 1.07. The van der Waals surface area contributed by atoms with Gasteiger partial charge < -0.3 is 19.0 Å². The molecule has 3 heterocycles. The molecule has 0 N–H and O–H groups in total. The van der Waals surface area contributed by atoms with Gasteiger partial charge >= 0.3 is 5.76 Å². The third kappa shape index (κ3) is 3.62. The number of piperidine rings is 1. The molecule has 8 heteroatoms. The summed E-state index contributed by atoms with van der Waals surface area (Å²) in [6.07, 6.45) is 1.57. The van der Waals surface area contributed by atoms with Crippen molar-refractivity contribution in [3.63, 3.8) is 0 Å². The molecule has 144 valence electrons. The van der Waals surface area contributed by atoms with Gasteiger partial charge in [0, 0.05) is 26.2 Å². The van der Waals surface area contributed by atoms with Crippen LogP contribution in [0.2, 0.25) is 0 Å². The zero-order valence-corrected chi connectivity index (χ0v) is 15.1. The lowest BCUT2D eigenvalue weighted by atomic mass is 9.96. The van der Waals surface area contributed by atoms with Crippen molar-refractivity contribution in [2.45, 2.75) is 19.4 Å². The summed E-state index contributed by atoms with van der Waals surface area (Å²) in [4.78, 5) is 41.1. The number of benzene rings is 1. The average molecular weight is 373 g/mol. The molecule has 2 amide bonds. The molecule has 0 saturated carbocycles. The van der Waals surface area contributed by atoms with E-state index in [9.17, 15) is 14.4 Å². The van der Waals surface area contributed by atoms with Gasteiger partial charge in [0.25, 0.3) is 0 Å². The Kier molecular flexibility index (Phi) is 4.98. The van der Waals surface area contributed by atoms with Crippen molar-refractivity contribution in [1.29, 1.82) is 0 Å². The smallest absolute Gasteiger partial charge is 0.408 e. The summed E-state index contributed by atoms with van der Waals surface area (Å²) in [6.45, 7) is 3.29. The highest BCUT2D eigenvalue weighted by atomic mass is 16.5. The predicted molar refractivity (Wildman–Crippen MR) is 97.2 cm³/mol.